The summed E-state index contributed by atoms with van der Waals surface area (Å²) in [6.07, 6.45) is 5.53. The minimum Gasteiger partial charge on any atom is -0.480 e. The number of carbonyl (C=O) groups is 1. The van der Waals surface area contributed by atoms with Gasteiger partial charge in [0.25, 0.3) is 5.91 Å². The molecule has 8 nitrogen and oxygen atoms in total. The van der Waals surface area contributed by atoms with Crippen molar-refractivity contribution in [2.45, 2.75) is 57.8 Å². The number of ether oxygens (including phenoxy) is 3. The Balaban J connectivity index is 1.35. The fraction of sp³-hybridized carbons (Fsp3) is 0.545. The number of rotatable bonds is 7. The second-order valence-electron chi connectivity index (χ2n) is 7.90. The molecule has 2 aromatic rings. The van der Waals surface area contributed by atoms with Crippen LogP contribution in [0.4, 0.5) is 0 Å². The van der Waals surface area contributed by atoms with E-state index in [9.17, 15) is 9.90 Å². The van der Waals surface area contributed by atoms with Crippen LogP contribution in [0.1, 0.15) is 38.9 Å². The largest absolute Gasteiger partial charge is 0.480 e. The summed E-state index contributed by atoms with van der Waals surface area (Å²) in [5.74, 6) is 2.81. The van der Waals surface area contributed by atoms with Crippen LogP contribution >= 0.6 is 0 Å². The number of aromatic nitrogens is 2. The monoisotopic (exact) mass is 415 g/mol. The van der Waals surface area contributed by atoms with Crippen LogP contribution in [0.5, 0.6) is 17.2 Å². The molecule has 1 atom stereocenters. The maximum atomic E-state index is 13.0. The summed E-state index contributed by atoms with van der Waals surface area (Å²) < 4.78 is 18.7. The third kappa shape index (κ3) is 4.23. The summed E-state index contributed by atoms with van der Waals surface area (Å²) in [5, 5.41) is 11.0. The molecule has 1 N–H and O–H groups in total. The smallest absolute Gasteiger partial charge is 0.263 e. The topological polar surface area (TPSA) is 86.1 Å². The van der Waals surface area contributed by atoms with Gasteiger partial charge < -0.3 is 28.8 Å². The second kappa shape index (κ2) is 8.55. The van der Waals surface area contributed by atoms with Crippen molar-refractivity contribution in [1.82, 2.24) is 14.5 Å². The number of likely N-dealkylation sites (tertiary alicyclic amines) is 1. The first-order valence-electron chi connectivity index (χ1n) is 10.6. The maximum Gasteiger partial charge on any atom is 0.263 e. The van der Waals surface area contributed by atoms with Crippen LogP contribution in [0.3, 0.4) is 0 Å². The van der Waals surface area contributed by atoms with Gasteiger partial charge in [-0.3, -0.25) is 4.79 Å². The Morgan fingerprint density at radius 1 is 1.27 bits per heavy atom. The highest BCUT2D eigenvalue weighted by atomic mass is 16.7. The lowest BCUT2D eigenvalue weighted by atomic mass is 9.91. The minimum atomic E-state index is -0.832. The Bertz CT molecular complexity index is 889. The van der Waals surface area contributed by atoms with Crippen molar-refractivity contribution in [3.05, 3.63) is 36.4 Å². The van der Waals surface area contributed by atoms with Gasteiger partial charge in [0.05, 0.1) is 12.1 Å². The Kier molecular flexibility index (Phi) is 5.85. The molecule has 0 aliphatic carbocycles. The Labute approximate surface area is 176 Å². The molecule has 0 radical (unpaired) electrons. The molecule has 8 heteroatoms. The van der Waals surface area contributed by atoms with E-state index in [4.69, 9.17) is 14.2 Å². The number of imidazole rings is 1. The molecule has 0 saturated carbocycles. The number of amides is 1. The van der Waals surface area contributed by atoms with E-state index in [-0.39, 0.29) is 12.7 Å². The van der Waals surface area contributed by atoms with Crippen LogP contribution in [0.15, 0.2) is 30.6 Å². The first-order valence-corrected chi connectivity index (χ1v) is 10.6. The summed E-state index contributed by atoms with van der Waals surface area (Å²) in [7, 11) is 0. The molecule has 0 bridgehead atoms. The van der Waals surface area contributed by atoms with Crippen molar-refractivity contribution in [3.63, 3.8) is 0 Å². The van der Waals surface area contributed by atoms with E-state index >= 15 is 0 Å². The lowest BCUT2D eigenvalue weighted by molar-refractivity contribution is -0.143. The zero-order valence-corrected chi connectivity index (χ0v) is 17.5. The van der Waals surface area contributed by atoms with Crippen LogP contribution in [-0.4, -0.2) is 57.1 Å². The Hall–Kier alpha value is -2.74. The van der Waals surface area contributed by atoms with Crippen molar-refractivity contribution >= 4 is 5.91 Å². The zero-order valence-electron chi connectivity index (χ0n) is 17.5. The fourth-order valence-corrected chi connectivity index (χ4v) is 4.04. The molecule has 1 saturated heterocycles. The lowest BCUT2D eigenvalue weighted by Crippen LogP contribution is -2.51. The van der Waals surface area contributed by atoms with Crippen LogP contribution < -0.4 is 14.2 Å². The predicted octanol–water partition coefficient (Wildman–Crippen LogP) is 2.39. The van der Waals surface area contributed by atoms with Crippen molar-refractivity contribution in [3.8, 4) is 17.2 Å². The van der Waals surface area contributed by atoms with Gasteiger partial charge in [-0.25, -0.2) is 4.98 Å². The summed E-state index contributed by atoms with van der Waals surface area (Å²) in [6, 6.07) is 5.33. The second-order valence-corrected chi connectivity index (χ2v) is 7.90. The van der Waals surface area contributed by atoms with Gasteiger partial charge in [0.1, 0.15) is 11.6 Å². The number of aliphatic hydroxyl groups is 1. The van der Waals surface area contributed by atoms with Crippen LogP contribution in [0.25, 0.3) is 0 Å². The summed E-state index contributed by atoms with van der Waals surface area (Å²) in [4.78, 5) is 19.2. The van der Waals surface area contributed by atoms with E-state index in [1.165, 1.54) is 0 Å². The number of hydrogen-bond donors (Lipinski definition) is 1. The van der Waals surface area contributed by atoms with Crippen LogP contribution in [0.2, 0.25) is 0 Å². The first-order chi connectivity index (χ1) is 14.5. The highest BCUT2D eigenvalue weighted by molar-refractivity contribution is 5.81. The summed E-state index contributed by atoms with van der Waals surface area (Å²) in [6.45, 7) is 5.70. The quantitative estimate of drug-likeness (QED) is 0.747. The van der Waals surface area contributed by atoms with Gasteiger partial charge in [0, 0.05) is 38.0 Å². The van der Waals surface area contributed by atoms with Crippen LogP contribution in [-0.2, 0) is 17.8 Å². The van der Waals surface area contributed by atoms with E-state index in [0.29, 0.717) is 56.1 Å². The maximum absolute atomic E-state index is 13.0. The molecule has 1 fully saturated rings. The average Bonchev–Trinajstić information content (AvgIpc) is 3.40. The average molecular weight is 415 g/mol. The van der Waals surface area contributed by atoms with E-state index in [1.807, 2.05) is 17.7 Å². The predicted molar refractivity (Wildman–Crippen MR) is 110 cm³/mol. The number of aryl methyl sites for hydroxylation is 1. The highest BCUT2D eigenvalue weighted by Crippen LogP contribution is 2.35. The summed E-state index contributed by atoms with van der Waals surface area (Å²) in [5.41, 5.74) is -0.832. The molecule has 162 valence electrons. The minimum absolute atomic E-state index is 0.0471. The molecule has 1 amide bonds. The Morgan fingerprint density at radius 3 is 2.77 bits per heavy atom. The molecular formula is C22H29N3O5. The van der Waals surface area contributed by atoms with E-state index in [2.05, 4.69) is 11.9 Å². The normalized spacial score (nSPS) is 18.3. The molecule has 1 aromatic heterocycles. The SMILES string of the molecule is CCc1nccn1CC1(O)CCN(C(=O)C(CC)Oc2ccc3c(c2)OCO3)CC1. The van der Waals surface area contributed by atoms with E-state index < -0.39 is 11.7 Å². The lowest BCUT2D eigenvalue weighted by Gasteiger charge is -2.39. The van der Waals surface area contributed by atoms with Gasteiger partial charge in [-0.2, -0.15) is 0 Å². The Morgan fingerprint density at radius 2 is 2.03 bits per heavy atom. The molecule has 2 aliphatic heterocycles. The van der Waals surface area contributed by atoms with Crippen molar-refractivity contribution in [2.24, 2.45) is 0 Å². The van der Waals surface area contributed by atoms with Gasteiger partial charge >= 0.3 is 0 Å². The molecule has 30 heavy (non-hydrogen) atoms. The fourth-order valence-electron chi connectivity index (χ4n) is 4.04. The standard InChI is InChI=1S/C22H29N3O5/c1-3-17(30-16-5-6-18-19(13-16)29-15-28-18)21(26)24-10-7-22(27,8-11-24)14-25-12-9-23-20(25)4-2/h5-6,9,12-13,17,27H,3-4,7-8,10-11,14-15H2,1-2H3. The van der Waals surface area contributed by atoms with Gasteiger partial charge in [0.15, 0.2) is 17.6 Å². The number of fused-ring (bicyclic) bond motifs is 1. The number of benzene rings is 1. The number of carbonyl (C=O) groups excluding carboxylic acids is 1. The van der Waals surface area contributed by atoms with Crippen molar-refractivity contribution in [1.29, 1.82) is 0 Å². The van der Waals surface area contributed by atoms with Gasteiger partial charge in [-0.15, -0.1) is 0 Å². The third-order valence-corrected chi connectivity index (χ3v) is 5.86. The van der Waals surface area contributed by atoms with Gasteiger partial charge in [-0.05, 0) is 31.4 Å². The van der Waals surface area contributed by atoms with Crippen molar-refractivity contribution in [2.75, 3.05) is 19.9 Å². The van der Waals surface area contributed by atoms with Gasteiger partial charge in [0.2, 0.25) is 6.79 Å². The molecule has 3 heterocycles. The number of nitrogens with zero attached hydrogens (tertiary/aromatic N) is 3. The van der Waals surface area contributed by atoms with Gasteiger partial charge in [-0.1, -0.05) is 13.8 Å². The number of hydrogen-bond acceptors (Lipinski definition) is 6. The zero-order chi connectivity index (χ0) is 21.1. The highest BCUT2D eigenvalue weighted by Gasteiger charge is 2.36. The first kappa shape index (κ1) is 20.5. The van der Waals surface area contributed by atoms with Crippen LogP contribution in [0, 0.1) is 0 Å². The number of piperidine rings is 1. The van der Waals surface area contributed by atoms with Crippen molar-refractivity contribution < 1.29 is 24.1 Å². The third-order valence-electron chi connectivity index (χ3n) is 5.86. The molecule has 1 aromatic carbocycles. The van der Waals surface area contributed by atoms with E-state index in [0.717, 1.165) is 12.2 Å². The molecule has 4 rings (SSSR count). The summed E-state index contributed by atoms with van der Waals surface area (Å²) >= 11 is 0. The molecular weight excluding hydrogens is 386 g/mol. The molecule has 0 spiro atoms. The van der Waals surface area contributed by atoms with E-state index in [1.54, 1.807) is 29.3 Å². The molecule has 1 unspecified atom stereocenters. The molecule has 2 aliphatic rings.